The second-order valence-electron chi connectivity index (χ2n) is 6.51. The van der Waals surface area contributed by atoms with Crippen molar-refractivity contribution in [1.82, 2.24) is 15.1 Å². The minimum atomic E-state index is -0.275. The van der Waals surface area contributed by atoms with Crippen molar-refractivity contribution in [3.8, 4) is 0 Å². The SMILES string of the molecule is CC(C)(c1ccccc1)c1nnc(NC(=O)N2CCCC2CO)s1. The van der Waals surface area contributed by atoms with E-state index in [-0.39, 0.29) is 24.1 Å². The van der Waals surface area contributed by atoms with Crippen LogP contribution in [-0.2, 0) is 5.41 Å². The van der Waals surface area contributed by atoms with Crippen LogP contribution < -0.4 is 5.32 Å². The highest BCUT2D eigenvalue weighted by atomic mass is 32.1. The Hall–Kier alpha value is -1.99. The number of nitrogens with zero attached hydrogens (tertiary/aromatic N) is 3. The van der Waals surface area contributed by atoms with Crippen LogP contribution in [0.25, 0.3) is 0 Å². The van der Waals surface area contributed by atoms with Crippen molar-refractivity contribution in [2.45, 2.75) is 38.1 Å². The van der Waals surface area contributed by atoms with Gasteiger partial charge in [-0.2, -0.15) is 0 Å². The number of rotatable bonds is 4. The molecule has 2 heterocycles. The van der Waals surface area contributed by atoms with E-state index in [2.05, 4.69) is 41.5 Å². The molecule has 0 aliphatic carbocycles. The number of likely N-dealkylation sites (tertiary alicyclic amines) is 1. The van der Waals surface area contributed by atoms with Gasteiger partial charge >= 0.3 is 6.03 Å². The molecule has 2 amide bonds. The smallest absolute Gasteiger partial charge is 0.324 e. The number of carbonyl (C=O) groups excluding carboxylic acids is 1. The van der Waals surface area contributed by atoms with Gasteiger partial charge in [0.25, 0.3) is 0 Å². The number of hydrogen-bond acceptors (Lipinski definition) is 5. The lowest BCUT2D eigenvalue weighted by molar-refractivity contribution is 0.166. The lowest BCUT2D eigenvalue weighted by Crippen LogP contribution is -2.40. The molecule has 1 aliphatic heterocycles. The van der Waals surface area contributed by atoms with Gasteiger partial charge in [-0.05, 0) is 32.3 Å². The lowest BCUT2D eigenvalue weighted by atomic mass is 9.85. The van der Waals surface area contributed by atoms with E-state index < -0.39 is 0 Å². The zero-order chi connectivity index (χ0) is 17.2. The zero-order valence-electron chi connectivity index (χ0n) is 13.9. The van der Waals surface area contributed by atoms with Crippen LogP contribution in [0.5, 0.6) is 0 Å². The predicted molar refractivity (Wildman–Crippen MR) is 94.3 cm³/mol. The van der Waals surface area contributed by atoms with E-state index in [9.17, 15) is 9.90 Å². The van der Waals surface area contributed by atoms with Crippen LogP contribution in [0.3, 0.4) is 0 Å². The maximum atomic E-state index is 12.4. The van der Waals surface area contributed by atoms with Gasteiger partial charge in [0, 0.05) is 12.0 Å². The molecule has 0 saturated carbocycles. The van der Waals surface area contributed by atoms with Crippen LogP contribution in [0, 0.1) is 0 Å². The molecule has 24 heavy (non-hydrogen) atoms. The molecule has 0 spiro atoms. The topological polar surface area (TPSA) is 78.4 Å². The van der Waals surface area contributed by atoms with Crippen molar-refractivity contribution in [3.63, 3.8) is 0 Å². The third kappa shape index (κ3) is 3.27. The van der Waals surface area contributed by atoms with Gasteiger partial charge in [0.05, 0.1) is 12.6 Å². The summed E-state index contributed by atoms with van der Waals surface area (Å²) in [6.07, 6.45) is 1.76. The van der Waals surface area contributed by atoms with E-state index in [1.54, 1.807) is 4.90 Å². The highest BCUT2D eigenvalue weighted by molar-refractivity contribution is 7.15. The Labute approximate surface area is 145 Å². The summed E-state index contributed by atoms with van der Waals surface area (Å²) < 4.78 is 0. The number of carbonyl (C=O) groups is 1. The Morgan fingerprint density at radius 1 is 1.38 bits per heavy atom. The van der Waals surface area contributed by atoms with E-state index in [0.29, 0.717) is 11.7 Å². The van der Waals surface area contributed by atoms with Crippen molar-refractivity contribution in [2.24, 2.45) is 0 Å². The fraction of sp³-hybridized carbons (Fsp3) is 0.471. The molecule has 1 aromatic heterocycles. The molecule has 1 aliphatic rings. The molecule has 1 fully saturated rings. The number of amides is 2. The molecule has 6 nitrogen and oxygen atoms in total. The highest BCUT2D eigenvalue weighted by Crippen LogP contribution is 2.34. The molecule has 7 heteroatoms. The molecular weight excluding hydrogens is 324 g/mol. The van der Waals surface area contributed by atoms with Crippen LogP contribution >= 0.6 is 11.3 Å². The van der Waals surface area contributed by atoms with Crippen LogP contribution in [0.1, 0.15) is 37.3 Å². The number of aromatic nitrogens is 2. The van der Waals surface area contributed by atoms with Crippen molar-refractivity contribution >= 4 is 22.5 Å². The minimum Gasteiger partial charge on any atom is -0.394 e. The van der Waals surface area contributed by atoms with Crippen molar-refractivity contribution in [2.75, 3.05) is 18.5 Å². The average molecular weight is 346 g/mol. The Kier molecular flexibility index (Phi) is 4.82. The number of aliphatic hydroxyl groups is 1. The standard InChI is InChI=1S/C17H22N4O2S/c1-17(2,12-7-4-3-5-8-12)14-19-20-15(24-14)18-16(23)21-10-6-9-13(21)11-22/h3-5,7-8,13,22H,6,9-11H2,1-2H3,(H,18,20,23). The summed E-state index contributed by atoms with van der Waals surface area (Å²) in [5.41, 5.74) is 0.877. The van der Waals surface area contributed by atoms with E-state index >= 15 is 0 Å². The molecule has 2 N–H and O–H groups in total. The molecule has 128 valence electrons. The third-order valence-corrected chi connectivity index (χ3v) is 5.68. The van der Waals surface area contributed by atoms with E-state index in [4.69, 9.17) is 0 Å². The second-order valence-corrected chi connectivity index (χ2v) is 7.48. The Morgan fingerprint density at radius 2 is 2.12 bits per heavy atom. The second kappa shape index (κ2) is 6.86. The maximum absolute atomic E-state index is 12.4. The van der Waals surface area contributed by atoms with Gasteiger partial charge in [-0.1, -0.05) is 41.7 Å². The molecule has 0 radical (unpaired) electrons. The van der Waals surface area contributed by atoms with Crippen LogP contribution in [0.2, 0.25) is 0 Å². The number of hydrogen-bond donors (Lipinski definition) is 2. The van der Waals surface area contributed by atoms with E-state index in [1.165, 1.54) is 11.3 Å². The van der Waals surface area contributed by atoms with Crippen LogP contribution in [0.15, 0.2) is 30.3 Å². The fourth-order valence-corrected chi connectivity index (χ4v) is 3.82. The van der Waals surface area contributed by atoms with Gasteiger partial charge in [0.15, 0.2) is 0 Å². The van der Waals surface area contributed by atoms with Crippen molar-refractivity contribution < 1.29 is 9.90 Å². The van der Waals surface area contributed by atoms with Gasteiger partial charge in [0.2, 0.25) is 5.13 Å². The molecular formula is C17H22N4O2S. The van der Waals surface area contributed by atoms with Gasteiger partial charge < -0.3 is 10.0 Å². The lowest BCUT2D eigenvalue weighted by Gasteiger charge is -2.22. The number of benzene rings is 1. The number of nitrogens with one attached hydrogen (secondary N) is 1. The summed E-state index contributed by atoms with van der Waals surface area (Å²) in [5.74, 6) is 0. The monoisotopic (exact) mass is 346 g/mol. The van der Waals surface area contributed by atoms with E-state index in [1.807, 2.05) is 18.2 Å². The molecule has 0 bridgehead atoms. The highest BCUT2D eigenvalue weighted by Gasteiger charge is 2.30. The molecule has 3 rings (SSSR count). The molecule has 1 atom stereocenters. The van der Waals surface area contributed by atoms with Gasteiger partial charge in [-0.3, -0.25) is 5.32 Å². The summed E-state index contributed by atoms with van der Waals surface area (Å²) in [6, 6.07) is 9.81. The Balaban J connectivity index is 1.73. The normalized spacial score (nSPS) is 18.0. The fourth-order valence-electron chi connectivity index (χ4n) is 2.96. The van der Waals surface area contributed by atoms with Gasteiger partial charge in [-0.15, -0.1) is 10.2 Å². The first-order valence-electron chi connectivity index (χ1n) is 8.10. The maximum Gasteiger partial charge on any atom is 0.324 e. The van der Waals surface area contributed by atoms with Gasteiger partial charge in [-0.25, -0.2) is 4.79 Å². The first-order valence-corrected chi connectivity index (χ1v) is 8.92. The summed E-state index contributed by atoms with van der Waals surface area (Å²) in [6.45, 7) is 4.85. The van der Waals surface area contributed by atoms with Crippen molar-refractivity contribution in [3.05, 3.63) is 40.9 Å². The van der Waals surface area contributed by atoms with E-state index in [0.717, 1.165) is 23.4 Å². The predicted octanol–water partition coefficient (Wildman–Crippen LogP) is 2.85. The minimum absolute atomic E-state index is 0.00414. The van der Waals surface area contributed by atoms with Crippen molar-refractivity contribution in [1.29, 1.82) is 0 Å². The quantitative estimate of drug-likeness (QED) is 0.892. The summed E-state index contributed by atoms with van der Waals surface area (Å²) in [5, 5.41) is 21.9. The van der Waals surface area contributed by atoms with Crippen LogP contribution in [-0.4, -0.2) is 45.4 Å². The Morgan fingerprint density at radius 3 is 2.83 bits per heavy atom. The summed E-state index contributed by atoms with van der Waals surface area (Å²) in [7, 11) is 0. The Bertz CT molecular complexity index is 702. The summed E-state index contributed by atoms with van der Waals surface area (Å²) in [4.78, 5) is 14.0. The summed E-state index contributed by atoms with van der Waals surface area (Å²) >= 11 is 1.39. The third-order valence-electron chi connectivity index (χ3n) is 4.52. The average Bonchev–Trinajstić information content (AvgIpc) is 3.24. The molecule has 1 aromatic carbocycles. The first kappa shape index (κ1) is 16.9. The molecule has 1 saturated heterocycles. The van der Waals surface area contributed by atoms with Gasteiger partial charge in [0.1, 0.15) is 5.01 Å². The molecule has 1 unspecified atom stereocenters. The largest absolute Gasteiger partial charge is 0.394 e. The number of anilines is 1. The zero-order valence-corrected chi connectivity index (χ0v) is 14.7. The number of aliphatic hydroxyl groups excluding tert-OH is 1. The van der Waals surface area contributed by atoms with Crippen LogP contribution in [0.4, 0.5) is 9.93 Å². The first-order chi connectivity index (χ1) is 11.5. The number of urea groups is 1. The molecule has 2 aromatic rings.